The van der Waals surface area contributed by atoms with E-state index >= 15 is 0 Å². The van der Waals surface area contributed by atoms with Crippen molar-refractivity contribution in [2.75, 3.05) is 23.3 Å². The van der Waals surface area contributed by atoms with Gasteiger partial charge in [-0.05, 0) is 24.6 Å². The van der Waals surface area contributed by atoms with Crippen LogP contribution < -0.4 is 10.2 Å². The molecular weight excluding hydrogens is 409 g/mol. The number of pyridine rings is 1. The van der Waals surface area contributed by atoms with Gasteiger partial charge in [0.2, 0.25) is 0 Å². The highest BCUT2D eigenvalue weighted by Gasteiger charge is 2.22. The predicted octanol–water partition coefficient (Wildman–Crippen LogP) is 3.52. The van der Waals surface area contributed by atoms with Crippen LogP contribution in [0.2, 0.25) is 5.02 Å². The molecule has 1 saturated heterocycles. The first-order chi connectivity index (χ1) is 14.6. The van der Waals surface area contributed by atoms with Crippen molar-refractivity contribution in [3.63, 3.8) is 0 Å². The van der Waals surface area contributed by atoms with Crippen LogP contribution in [-0.2, 0) is 0 Å². The molecule has 30 heavy (non-hydrogen) atoms. The summed E-state index contributed by atoms with van der Waals surface area (Å²) in [7, 11) is 0. The van der Waals surface area contributed by atoms with Crippen LogP contribution in [0.3, 0.4) is 0 Å². The summed E-state index contributed by atoms with van der Waals surface area (Å²) in [6.45, 7) is 1.27. The van der Waals surface area contributed by atoms with Crippen LogP contribution in [-0.4, -0.2) is 49.2 Å². The zero-order valence-corrected chi connectivity index (χ0v) is 16.4. The molecule has 0 bridgehead atoms. The molecule has 1 aliphatic rings. The van der Waals surface area contributed by atoms with Crippen molar-refractivity contribution in [2.24, 2.45) is 0 Å². The van der Waals surface area contributed by atoms with E-state index in [0.29, 0.717) is 41.5 Å². The van der Waals surface area contributed by atoms with Gasteiger partial charge in [0.05, 0.1) is 22.2 Å². The Hall–Kier alpha value is -3.30. The number of β-amino-alcohol motifs (C(OH)–C–C–N with tert-alkyl or cyclic N) is 1. The van der Waals surface area contributed by atoms with Crippen molar-refractivity contribution in [1.82, 2.24) is 24.9 Å². The number of nitrogens with one attached hydrogen (secondary N) is 2. The van der Waals surface area contributed by atoms with E-state index in [4.69, 9.17) is 11.6 Å². The first-order valence-corrected chi connectivity index (χ1v) is 9.77. The molecule has 3 N–H and O–H groups in total. The zero-order chi connectivity index (χ0) is 20.7. The molecule has 0 unspecified atom stereocenters. The Morgan fingerprint density at radius 3 is 2.93 bits per heavy atom. The number of hydrogen-bond donors (Lipinski definition) is 3. The van der Waals surface area contributed by atoms with Gasteiger partial charge in [0.1, 0.15) is 35.1 Å². The minimum absolute atomic E-state index is 0.207. The quantitative estimate of drug-likeness (QED) is 0.459. The number of imidazole rings is 1. The monoisotopic (exact) mass is 425 g/mol. The first-order valence-electron chi connectivity index (χ1n) is 9.39. The summed E-state index contributed by atoms with van der Waals surface area (Å²) in [4.78, 5) is 22.5. The molecule has 1 aliphatic heterocycles. The average molecular weight is 426 g/mol. The van der Waals surface area contributed by atoms with Gasteiger partial charge in [0, 0.05) is 25.4 Å². The molecule has 1 atom stereocenters. The van der Waals surface area contributed by atoms with E-state index in [1.165, 1.54) is 12.4 Å². The molecule has 8 nitrogen and oxygen atoms in total. The number of anilines is 3. The summed E-state index contributed by atoms with van der Waals surface area (Å²) in [6, 6.07) is 8.02. The summed E-state index contributed by atoms with van der Waals surface area (Å²) in [5, 5.41) is 13.2. The Balaban J connectivity index is 1.49. The number of aromatic nitrogens is 5. The van der Waals surface area contributed by atoms with Crippen molar-refractivity contribution >= 4 is 40.1 Å². The number of aromatic amines is 1. The van der Waals surface area contributed by atoms with Crippen LogP contribution in [0.25, 0.3) is 22.4 Å². The van der Waals surface area contributed by atoms with Crippen LogP contribution in [0.5, 0.6) is 0 Å². The lowest BCUT2D eigenvalue weighted by Gasteiger charge is -2.17. The highest BCUT2D eigenvalue weighted by atomic mass is 35.5. The van der Waals surface area contributed by atoms with Gasteiger partial charge >= 0.3 is 0 Å². The third kappa shape index (κ3) is 3.42. The number of benzene rings is 1. The lowest BCUT2D eigenvalue weighted by atomic mass is 10.2. The first kappa shape index (κ1) is 18.7. The number of hydrogen-bond acceptors (Lipinski definition) is 7. The number of nitrogens with zero attached hydrogens (tertiary/aromatic N) is 5. The topological polar surface area (TPSA) is 103 Å². The molecule has 0 spiro atoms. The van der Waals surface area contributed by atoms with Crippen LogP contribution in [0.4, 0.5) is 21.8 Å². The van der Waals surface area contributed by atoms with E-state index in [1.807, 2.05) is 4.90 Å². The third-order valence-corrected chi connectivity index (χ3v) is 5.31. The Kier molecular flexibility index (Phi) is 4.68. The molecule has 4 aromatic rings. The second-order valence-electron chi connectivity index (χ2n) is 7.01. The smallest absolute Gasteiger partial charge is 0.157 e. The third-order valence-electron chi connectivity index (χ3n) is 4.99. The largest absolute Gasteiger partial charge is 0.391 e. The Bertz CT molecular complexity index is 1210. The summed E-state index contributed by atoms with van der Waals surface area (Å²) in [5.74, 6) is 1.61. The maximum Gasteiger partial charge on any atom is 0.157 e. The Morgan fingerprint density at radius 1 is 1.23 bits per heavy atom. The van der Waals surface area contributed by atoms with Crippen LogP contribution in [0, 0.1) is 5.82 Å². The van der Waals surface area contributed by atoms with Gasteiger partial charge < -0.3 is 20.3 Å². The van der Waals surface area contributed by atoms with Gasteiger partial charge in [-0.1, -0.05) is 17.7 Å². The molecule has 0 radical (unpaired) electrons. The van der Waals surface area contributed by atoms with Crippen molar-refractivity contribution in [3.05, 3.63) is 53.7 Å². The molecule has 5 rings (SSSR count). The SMILES string of the molecule is O[C@H]1CCN(c2cc(Nc3nccc4nc(-c5c(F)cccc5Cl)[nH]c34)ncn2)C1. The molecule has 0 amide bonds. The van der Waals surface area contributed by atoms with Crippen LogP contribution >= 0.6 is 11.6 Å². The molecule has 0 saturated carbocycles. The van der Waals surface area contributed by atoms with E-state index in [-0.39, 0.29) is 16.7 Å². The second-order valence-corrected chi connectivity index (χ2v) is 7.42. The zero-order valence-electron chi connectivity index (χ0n) is 15.7. The normalized spacial score (nSPS) is 16.4. The average Bonchev–Trinajstić information content (AvgIpc) is 3.35. The number of aliphatic hydroxyl groups is 1. The number of rotatable bonds is 4. The molecule has 3 aromatic heterocycles. The van der Waals surface area contributed by atoms with Gasteiger partial charge in [0.25, 0.3) is 0 Å². The summed E-state index contributed by atoms with van der Waals surface area (Å²) < 4.78 is 14.3. The number of fused-ring (bicyclic) bond motifs is 1. The van der Waals surface area contributed by atoms with E-state index in [9.17, 15) is 9.50 Å². The highest BCUT2D eigenvalue weighted by Crippen LogP contribution is 2.32. The molecule has 1 fully saturated rings. The van der Waals surface area contributed by atoms with Crippen molar-refractivity contribution in [2.45, 2.75) is 12.5 Å². The lowest BCUT2D eigenvalue weighted by molar-refractivity contribution is 0.198. The Morgan fingerprint density at radius 2 is 2.13 bits per heavy atom. The number of aliphatic hydroxyl groups excluding tert-OH is 1. The van der Waals surface area contributed by atoms with E-state index in [1.54, 1.807) is 30.5 Å². The predicted molar refractivity (Wildman–Crippen MR) is 112 cm³/mol. The molecule has 1 aromatic carbocycles. The van der Waals surface area contributed by atoms with Gasteiger partial charge in [-0.2, -0.15) is 0 Å². The highest BCUT2D eigenvalue weighted by molar-refractivity contribution is 6.33. The van der Waals surface area contributed by atoms with Gasteiger partial charge in [-0.15, -0.1) is 0 Å². The summed E-state index contributed by atoms with van der Waals surface area (Å²) in [6.07, 6.45) is 3.43. The van der Waals surface area contributed by atoms with E-state index < -0.39 is 5.82 Å². The van der Waals surface area contributed by atoms with E-state index in [2.05, 4.69) is 30.2 Å². The standard InChI is InChI=1S/C20H17ClFN7O/c21-12-2-1-3-13(22)17(12)19-26-14-4-6-23-20(18(14)28-19)27-15-8-16(25-10-24-15)29-7-5-11(30)9-29/h1-4,6,8,10-11,30H,5,7,9H2,(H,26,28)(H,23,24,25,27)/t11-/m0/s1. The minimum Gasteiger partial charge on any atom is -0.391 e. The van der Waals surface area contributed by atoms with Gasteiger partial charge in [-0.25, -0.2) is 24.3 Å². The van der Waals surface area contributed by atoms with Crippen molar-refractivity contribution in [3.8, 4) is 11.4 Å². The fourth-order valence-electron chi connectivity index (χ4n) is 3.53. The maximum absolute atomic E-state index is 14.3. The van der Waals surface area contributed by atoms with Crippen LogP contribution in [0.15, 0.2) is 42.9 Å². The number of H-pyrrole nitrogens is 1. The molecular formula is C20H17ClFN7O. The van der Waals surface area contributed by atoms with Gasteiger partial charge in [0.15, 0.2) is 5.82 Å². The summed E-state index contributed by atoms with van der Waals surface area (Å²) in [5.41, 5.74) is 1.42. The summed E-state index contributed by atoms with van der Waals surface area (Å²) >= 11 is 6.18. The number of halogens is 2. The second kappa shape index (κ2) is 7.51. The van der Waals surface area contributed by atoms with Gasteiger partial charge in [-0.3, -0.25) is 0 Å². The van der Waals surface area contributed by atoms with Crippen molar-refractivity contribution in [1.29, 1.82) is 0 Å². The van der Waals surface area contributed by atoms with Crippen molar-refractivity contribution < 1.29 is 9.50 Å². The van der Waals surface area contributed by atoms with Crippen LogP contribution in [0.1, 0.15) is 6.42 Å². The molecule has 10 heteroatoms. The molecule has 0 aliphatic carbocycles. The fourth-order valence-corrected chi connectivity index (χ4v) is 3.78. The molecule has 152 valence electrons. The lowest BCUT2D eigenvalue weighted by Crippen LogP contribution is -2.22. The van der Waals surface area contributed by atoms with E-state index in [0.717, 1.165) is 12.4 Å². The fraction of sp³-hybridized carbons (Fsp3) is 0.200. The maximum atomic E-state index is 14.3. The molecule has 4 heterocycles. The minimum atomic E-state index is -0.461. The Labute approximate surface area is 175 Å².